The number of nitrogens with zero attached hydrogens (tertiary/aromatic N) is 1. The van der Waals surface area contributed by atoms with Gasteiger partial charge < -0.3 is 20.7 Å². The van der Waals surface area contributed by atoms with Gasteiger partial charge in [-0.2, -0.15) is 0 Å². The summed E-state index contributed by atoms with van der Waals surface area (Å²) >= 11 is 0. The smallest absolute Gasteiger partial charge is 0.251 e. The highest BCUT2D eigenvalue weighted by Crippen LogP contribution is 2.24. The van der Waals surface area contributed by atoms with Crippen molar-refractivity contribution in [3.05, 3.63) is 59.7 Å². The summed E-state index contributed by atoms with van der Waals surface area (Å²) < 4.78 is 5.31. The van der Waals surface area contributed by atoms with Crippen molar-refractivity contribution in [1.29, 1.82) is 0 Å². The summed E-state index contributed by atoms with van der Waals surface area (Å²) in [6, 6.07) is 15.7. The van der Waals surface area contributed by atoms with E-state index in [9.17, 15) is 4.79 Å². The molecule has 1 unspecified atom stereocenters. The van der Waals surface area contributed by atoms with Gasteiger partial charge in [0.15, 0.2) is 0 Å². The van der Waals surface area contributed by atoms with Gasteiger partial charge in [0.1, 0.15) is 5.75 Å². The predicted molar refractivity (Wildman–Crippen MR) is 107 cm³/mol. The first kappa shape index (κ1) is 20.1. The SMILES string of the molecule is COc1cccc(N2CCCC(NC(=O)c3ccc(CN)cc3)C2)c1.Cl. The van der Waals surface area contributed by atoms with Gasteiger partial charge in [0.05, 0.1) is 7.11 Å². The van der Waals surface area contributed by atoms with Crippen molar-refractivity contribution in [2.75, 3.05) is 25.1 Å². The maximum Gasteiger partial charge on any atom is 0.251 e. The molecule has 0 aromatic heterocycles. The molecule has 0 aliphatic carbocycles. The molecule has 1 heterocycles. The van der Waals surface area contributed by atoms with E-state index in [2.05, 4.69) is 16.3 Å². The fourth-order valence-electron chi connectivity index (χ4n) is 3.20. The van der Waals surface area contributed by atoms with E-state index in [0.29, 0.717) is 12.1 Å². The highest BCUT2D eigenvalue weighted by molar-refractivity contribution is 5.94. The Balaban J connectivity index is 0.00000243. The fraction of sp³-hybridized carbons (Fsp3) is 0.350. The molecule has 1 fully saturated rings. The van der Waals surface area contributed by atoms with Crippen LogP contribution >= 0.6 is 12.4 Å². The van der Waals surface area contributed by atoms with E-state index in [1.54, 1.807) is 7.11 Å². The zero-order valence-corrected chi connectivity index (χ0v) is 15.8. The molecule has 1 atom stereocenters. The van der Waals surface area contributed by atoms with E-state index in [-0.39, 0.29) is 24.4 Å². The molecular weight excluding hydrogens is 350 g/mol. The second-order valence-electron chi connectivity index (χ2n) is 6.36. The second-order valence-corrected chi connectivity index (χ2v) is 6.36. The molecule has 140 valence electrons. The van der Waals surface area contributed by atoms with E-state index >= 15 is 0 Å². The maximum absolute atomic E-state index is 12.5. The Bertz CT molecular complexity index is 721. The van der Waals surface area contributed by atoms with Crippen LogP contribution in [0.2, 0.25) is 0 Å². The number of methoxy groups -OCH3 is 1. The van der Waals surface area contributed by atoms with Crippen molar-refractivity contribution in [2.45, 2.75) is 25.4 Å². The van der Waals surface area contributed by atoms with Crippen LogP contribution < -0.4 is 20.7 Å². The van der Waals surface area contributed by atoms with Crippen molar-refractivity contribution in [2.24, 2.45) is 5.73 Å². The largest absolute Gasteiger partial charge is 0.497 e. The van der Waals surface area contributed by atoms with Gasteiger partial charge in [-0.1, -0.05) is 18.2 Å². The number of piperidine rings is 1. The van der Waals surface area contributed by atoms with Crippen LogP contribution in [0.15, 0.2) is 48.5 Å². The lowest BCUT2D eigenvalue weighted by molar-refractivity contribution is 0.0933. The summed E-state index contributed by atoms with van der Waals surface area (Å²) in [7, 11) is 1.67. The molecule has 1 saturated heterocycles. The number of anilines is 1. The molecule has 1 amide bonds. The average Bonchev–Trinajstić information content (AvgIpc) is 2.68. The molecule has 3 N–H and O–H groups in total. The van der Waals surface area contributed by atoms with E-state index in [1.807, 2.05) is 42.5 Å². The number of nitrogens with one attached hydrogen (secondary N) is 1. The predicted octanol–water partition coefficient (Wildman–Crippen LogP) is 2.97. The van der Waals surface area contributed by atoms with E-state index < -0.39 is 0 Å². The number of benzene rings is 2. The topological polar surface area (TPSA) is 67.6 Å². The summed E-state index contributed by atoms with van der Waals surface area (Å²) in [5, 5.41) is 3.16. The van der Waals surface area contributed by atoms with Crippen LogP contribution in [-0.4, -0.2) is 32.1 Å². The van der Waals surface area contributed by atoms with Crippen molar-refractivity contribution in [3.63, 3.8) is 0 Å². The average molecular weight is 376 g/mol. The number of amides is 1. The normalized spacial score (nSPS) is 16.5. The minimum atomic E-state index is -0.0268. The van der Waals surface area contributed by atoms with Gasteiger partial charge in [-0.3, -0.25) is 4.79 Å². The Kier molecular flexibility index (Phi) is 7.30. The molecule has 0 bridgehead atoms. The number of hydrogen-bond donors (Lipinski definition) is 2. The molecule has 3 rings (SSSR count). The lowest BCUT2D eigenvalue weighted by Crippen LogP contribution is -2.47. The zero-order valence-electron chi connectivity index (χ0n) is 15.0. The number of nitrogens with two attached hydrogens (primary N) is 1. The fourth-order valence-corrected chi connectivity index (χ4v) is 3.20. The third-order valence-electron chi connectivity index (χ3n) is 4.63. The molecule has 1 aliphatic heterocycles. The summed E-state index contributed by atoms with van der Waals surface area (Å²) in [6.45, 7) is 2.28. The van der Waals surface area contributed by atoms with Crippen molar-refractivity contribution >= 4 is 24.0 Å². The van der Waals surface area contributed by atoms with E-state index in [4.69, 9.17) is 10.5 Å². The van der Waals surface area contributed by atoms with Gasteiger partial charge >= 0.3 is 0 Å². The zero-order chi connectivity index (χ0) is 17.6. The molecule has 6 heteroatoms. The molecule has 5 nitrogen and oxygen atoms in total. The lowest BCUT2D eigenvalue weighted by atomic mass is 10.0. The Morgan fingerprint density at radius 1 is 1.27 bits per heavy atom. The Morgan fingerprint density at radius 2 is 2.04 bits per heavy atom. The minimum Gasteiger partial charge on any atom is -0.497 e. The van der Waals surface area contributed by atoms with Gasteiger partial charge in [-0.15, -0.1) is 12.4 Å². The van der Waals surface area contributed by atoms with E-state index in [0.717, 1.165) is 42.9 Å². The number of ether oxygens (including phenoxy) is 1. The number of carbonyl (C=O) groups excluding carboxylic acids is 1. The summed E-state index contributed by atoms with van der Waals surface area (Å²) in [5.41, 5.74) is 8.43. The molecular formula is C20H26ClN3O2. The molecule has 0 saturated carbocycles. The van der Waals surface area contributed by atoms with Crippen LogP contribution in [0.4, 0.5) is 5.69 Å². The number of carbonyl (C=O) groups is 1. The molecule has 2 aromatic carbocycles. The molecule has 2 aromatic rings. The van der Waals surface area contributed by atoms with E-state index in [1.165, 1.54) is 0 Å². The maximum atomic E-state index is 12.5. The first-order chi connectivity index (χ1) is 12.2. The Morgan fingerprint density at radius 3 is 2.73 bits per heavy atom. The molecule has 1 aliphatic rings. The van der Waals surface area contributed by atoms with Crippen LogP contribution in [0.1, 0.15) is 28.8 Å². The van der Waals surface area contributed by atoms with Gasteiger partial charge in [0, 0.05) is 43.0 Å². The summed E-state index contributed by atoms with van der Waals surface area (Å²) in [5.74, 6) is 0.824. The third-order valence-corrected chi connectivity index (χ3v) is 4.63. The lowest BCUT2D eigenvalue weighted by Gasteiger charge is -2.35. The Labute approximate surface area is 160 Å². The molecule has 0 spiro atoms. The highest BCUT2D eigenvalue weighted by atomic mass is 35.5. The quantitative estimate of drug-likeness (QED) is 0.843. The highest BCUT2D eigenvalue weighted by Gasteiger charge is 2.22. The monoisotopic (exact) mass is 375 g/mol. The van der Waals surface area contributed by atoms with Gasteiger partial charge in [-0.25, -0.2) is 0 Å². The Hall–Kier alpha value is -2.24. The van der Waals surface area contributed by atoms with Gasteiger partial charge in [-0.05, 0) is 42.7 Å². The first-order valence-electron chi connectivity index (χ1n) is 8.68. The first-order valence-corrected chi connectivity index (χ1v) is 8.68. The summed E-state index contributed by atoms with van der Waals surface area (Å²) in [4.78, 5) is 14.8. The van der Waals surface area contributed by atoms with Crippen LogP contribution in [0.25, 0.3) is 0 Å². The standard InChI is InChI=1S/C20H25N3O2.ClH/c1-25-19-6-2-5-18(12-19)23-11-3-4-17(14-23)22-20(24)16-9-7-15(13-21)8-10-16;/h2,5-10,12,17H,3-4,11,13-14,21H2,1H3,(H,22,24);1H. The van der Waals surface area contributed by atoms with Gasteiger partial charge in [0.25, 0.3) is 5.91 Å². The van der Waals surface area contributed by atoms with Crippen molar-refractivity contribution < 1.29 is 9.53 Å². The van der Waals surface area contributed by atoms with Crippen LogP contribution in [0, 0.1) is 0 Å². The third kappa shape index (κ3) is 4.90. The van der Waals surface area contributed by atoms with Crippen LogP contribution in [-0.2, 0) is 6.54 Å². The molecule has 26 heavy (non-hydrogen) atoms. The van der Waals surface area contributed by atoms with Crippen LogP contribution in [0.3, 0.4) is 0 Å². The van der Waals surface area contributed by atoms with Gasteiger partial charge in [0.2, 0.25) is 0 Å². The number of rotatable bonds is 5. The number of hydrogen-bond acceptors (Lipinski definition) is 4. The van der Waals surface area contributed by atoms with Crippen molar-refractivity contribution in [1.82, 2.24) is 5.32 Å². The molecule has 0 radical (unpaired) electrons. The minimum absolute atomic E-state index is 0. The second kappa shape index (κ2) is 9.46. The van der Waals surface area contributed by atoms with Crippen molar-refractivity contribution in [3.8, 4) is 5.75 Å². The van der Waals surface area contributed by atoms with Crippen LogP contribution in [0.5, 0.6) is 5.75 Å². The summed E-state index contributed by atoms with van der Waals surface area (Å²) in [6.07, 6.45) is 2.04. The number of halogens is 1.